The second kappa shape index (κ2) is 14.7. The topological polar surface area (TPSA) is 150 Å². The first kappa shape index (κ1) is 34.8. The summed E-state index contributed by atoms with van der Waals surface area (Å²) in [5.74, 6) is -6.48. The number of fused-ring (bicyclic) bond motifs is 1. The van der Waals surface area contributed by atoms with Gasteiger partial charge >= 0.3 is 24.3 Å². The van der Waals surface area contributed by atoms with Gasteiger partial charge < -0.3 is 24.7 Å². The fourth-order valence-corrected chi connectivity index (χ4v) is 4.12. The first-order chi connectivity index (χ1) is 19.9. The molecule has 18 heteroatoms. The number of rotatable bonds is 4. The Balaban J connectivity index is 0.000000384. The lowest BCUT2D eigenvalue weighted by molar-refractivity contribution is -0.193. The maximum Gasteiger partial charge on any atom is 0.490 e. The van der Waals surface area contributed by atoms with Gasteiger partial charge in [-0.1, -0.05) is 6.07 Å². The van der Waals surface area contributed by atoms with Crippen LogP contribution in [-0.2, 0) is 25.7 Å². The highest BCUT2D eigenvalue weighted by Gasteiger charge is 2.44. The molecular formula is C25H25F7N4O7. The Hall–Kier alpha value is -4.35. The molecule has 0 radical (unpaired) electrons. The van der Waals surface area contributed by atoms with Gasteiger partial charge in [0.2, 0.25) is 5.95 Å². The van der Waals surface area contributed by atoms with Crippen LogP contribution < -0.4 is 0 Å². The van der Waals surface area contributed by atoms with Crippen LogP contribution in [0.5, 0.6) is 0 Å². The number of hydrogen-bond donors (Lipinski definition) is 2. The highest BCUT2D eigenvalue weighted by molar-refractivity contribution is 5.94. The van der Waals surface area contributed by atoms with Crippen molar-refractivity contribution >= 4 is 23.8 Å². The Labute approximate surface area is 238 Å². The van der Waals surface area contributed by atoms with Gasteiger partial charge in [0.15, 0.2) is 0 Å². The Kier molecular flexibility index (Phi) is 11.9. The van der Waals surface area contributed by atoms with Gasteiger partial charge in [-0.25, -0.2) is 14.6 Å². The number of nitrogens with zero attached hydrogens (tertiary/aromatic N) is 4. The smallest absolute Gasteiger partial charge is 0.475 e. The van der Waals surface area contributed by atoms with E-state index in [0.29, 0.717) is 32.4 Å². The number of carbonyl (C=O) groups excluding carboxylic acids is 2. The highest BCUT2D eigenvalue weighted by atomic mass is 19.4. The minimum atomic E-state index is -5.08. The number of alkyl halides is 6. The molecule has 0 aliphatic carbocycles. The lowest BCUT2D eigenvalue weighted by atomic mass is 9.98. The summed E-state index contributed by atoms with van der Waals surface area (Å²) in [7, 11) is 1.74. The van der Waals surface area contributed by atoms with Crippen LogP contribution in [0, 0.1) is 5.95 Å². The molecule has 43 heavy (non-hydrogen) atoms. The van der Waals surface area contributed by atoms with E-state index in [-0.39, 0.29) is 29.5 Å². The molecule has 2 amide bonds. The fourth-order valence-electron chi connectivity index (χ4n) is 4.12. The molecule has 2 fully saturated rings. The fraction of sp³-hybridized carbons (Fsp3) is 0.440. The summed E-state index contributed by atoms with van der Waals surface area (Å²) in [5, 5.41) is 14.2. The number of likely N-dealkylation sites (N-methyl/N-ethyl adjacent to an activating group) is 1. The number of aromatic nitrogens is 2. The lowest BCUT2D eigenvalue weighted by Crippen LogP contribution is -2.49. The molecule has 0 spiro atoms. The first-order valence-electron chi connectivity index (χ1n) is 12.2. The van der Waals surface area contributed by atoms with Gasteiger partial charge in [-0.05, 0) is 37.5 Å². The molecule has 0 saturated carbocycles. The van der Waals surface area contributed by atoms with E-state index in [9.17, 15) is 40.3 Å². The van der Waals surface area contributed by atoms with Crippen LogP contribution in [0.1, 0.15) is 35.3 Å². The molecule has 2 N–H and O–H groups in total. The summed E-state index contributed by atoms with van der Waals surface area (Å²) in [6, 6.07) is 8.18. The Morgan fingerprint density at radius 3 is 2.07 bits per heavy atom. The van der Waals surface area contributed by atoms with E-state index in [1.54, 1.807) is 23.0 Å². The minimum absolute atomic E-state index is 0.0740. The SMILES string of the molecule is CN(Cc1ccccn1)C(=O)[C@H]1CC[C@@H]2[C@@H](CCN2C(=O)c2ccnc(F)c2)O1.O=C(O)C(F)(F)F.O=C(O)C(F)(F)F. The number of pyridine rings is 2. The summed E-state index contributed by atoms with van der Waals surface area (Å²) in [6.45, 7) is 0.953. The van der Waals surface area contributed by atoms with Gasteiger partial charge in [0.1, 0.15) is 6.10 Å². The summed E-state index contributed by atoms with van der Waals surface area (Å²) < 4.78 is 82.9. The normalized spacial score (nSPS) is 19.5. The summed E-state index contributed by atoms with van der Waals surface area (Å²) in [6.07, 6.45) is -5.99. The summed E-state index contributed by atoms with van der Waals surface area (Å²) >= 11 is 0. The third kappa shape index (κ3) is 10.5. The monoisotopic (exact) mass is 626 g/mol. The van der Waals surface area contributed by atoms with E-state index < -0.39 is 36.3 Å². The third-order valence-corrected chi connectivity index (χ3v) is 6.04. The summed E-state index contributed by atoms with van der Waals surface area (Å²) in [4.78, 5) is 54.5. The van der Waals surface area contributed by atoms with Crippen LogP contribution in [0.15, 0.2) is 42.7 Å². The number of halogens is 7. The molecule has 3 atom stereocenters. The quantitative estimate of drug-likeness (QED) is 0.385. The van der Waals surface area contributed by atoms with Crippen molar-refractivity contribution in [2.45, 2.75) is 56.4 Å². The van der Waals surface area contributed by atoms with Gasteiger partial charge in [0.25, 0.3) is 11.8 Å². The third-order valence-electron chi connectivity index (χ3n) is 6.04. The van der Waals surface area contributed by atoms with E-state index in [1.807, 2.05) is 18.2 Å². The molecule has 4 heterocycles. The molecule has 0 aromatic carbocycles. The first-order valence-corrected chi connectivity index (χ1v) is 12.2. The van der Waals surface area contributed by atoms with Crippen LogP contribution in [0.4, 0.5) is 30.7 Å². The standard InChI is InChI=1S/C21H23FN4O3.2C2HF3O2/c1-25(13-15-4-2-3-9-23-15)21(28)18-6-5-16-17(29-18)8-11-26(16)20(27)14-7-10-24-19(22)12-14;2*3-2(4,5)1(6)7/h2-4,7,9-10,12,16-18H,5-6,8,11,13H2,1H3;2*(H,6,7)/t16-,17-,18-;;/m1../s1. The molecule has 4 rings (SSSR count). The molecule has 2 aliphatic heterocycles. The van der Waals surface area contributed by atoms with E-state index in [0.717, 1.165) is 11.8 Å². The Morgan fingerprint density at radius 1 is 0.953 bits per heavy atom. The van der Waals surface area contributed by atoms with E-state index in [4.69, 9.17) is 24.5 Å². The van der Waals surface area contributed by atoms with E-state index >= 15 is 0 Å². The van der Waals surface area contributed by atoms with Crippen molar-refractivity contribution in [3.05, 3.63) is 59.9 Å². The average Bonchev–Trinajstić information content (AvgIpc) is 3.35. The van der Waals surface area contributed by atoms with Gasteiger partial charge in [0, 0.05) is 37.6 Å². The molecule has 2 aromatic rings. The molecule has 236 valence electrons. The van der Waals surface area contributed by atoms with Crippen molar-refractivity contribution in [3.63, 3.8) is 0 Å². The number of likely N-dealkylation sites (tertiary alicyclic amines) is 1. The predicted molar refractivity (Wildman–Crippen MR) is 130 cm³/mol. The lowest BCUT2D eigenvalue weighted by Gasteiger charge is -2.36. The van der Waals surface area contributed by atoms with Crippen molar-refractivity contribution in [2.24, 2.45) is 0 Å². The van der Waals surface area contributed by atoms with Crippen LogP contribution in [0.2, 0.25) is 0 Å². The van der Waals surface area contributed by atoms with E-state index in [1.165, 1.54) is 12.3 Å². The van der Waals surface area contributed by atoms with Gasteiger partial charge in [-0.2, -0.15) is 30.7 Å². The maximum atomic E-state index is 13.4. The maximum absolute atomic E-state index is 13.4. The van der Waals surface area contributed by atoms with Gasteiger partial charge in [-0.3, -0.25) is 14.6 Å². The molecule has 0 bridgehead atoms. The second-order valence-electron chi connectivity index (χ2n) is 9.08. The van der Waals surface area contributed by atoms with Crippen molar-refractivity contribution in [3.8, 4) is 0 Å². The van der Waals surface area contributed by atoms with Crippen LogP contribution in [0.3, 0.4) is 0 Å². The Bertz CT molecular complexity index is 1250. The van der Waals surface area contributed by atoms with Gasteiger partial charge in [0.05, 0.1) is 24.4 Å². The van der Waals surface area contributed by atoms with Crippen LogP contribution >= 0.6 is 0 Å². The molecule has 2 aliphatic rings. The number of carbonyl (C=O) groups is 4. The highest BCUT2D eigenvalue weighted by Crippen LogP contribution is 2.33. The number of carboxylic acid groups (broad SMARTS) is 2. The van der Waals surface area contributed by atoms with Gasteiger partial charge in [-0.15, -0.1) is 0 Å². The largest absolute Gasteiger partial charge is 0.490 e. The average molecular weight is 626 g/mol. The molecular weight excluding hydrogens is 601 g/mol. The zero-order chi connectivity index (χ0) is 32.5. The molecule has 11 nitrogen and oxygen atoms in total. The minimum Gasteiger partial charge on any atom is -0.475 e. The predicted octanol–water partition coefficient (Wildman–Crippen LogP) is 3.30. The summed E-state index contributed by atoms with van der Waals surface area (Å²) in [5.41, 5.74) is 1.10. The zero-order valence-electron chi connectivity index (χ0n) is 22.2. The van der Waals surface area contributed by atoms with Crippen LogP contribution in [0.25, 0.3) is 0 Å². The molecule has 2 aromatic heterocycles. The number of carboxylic acids is 2. The van der Waals surface area contributed by atoms with Crippen molar-refractivity contribution < 1.29 is 64.9 Å². The van der Waals surface area contributed by atoms with Crippen molar-refractivity contribution in [2.75, 3.05) is 13.6 Å². The van der Waals surface area contributed by atoms with Crippen molar-refractivity contribution in [1.82, 2.24) is 19.8 Å². The number of ether oxygens (including phenoxy) is 1. The Morgan fingerprint density at radius 2 is 1.56 bits per heavy atom. The number of aliphatic carboxylic acids is 2. The van der Waals surface area contributed by atoms with Crippen molar-refractivity contribution in [1.29, 1.82) is 0 Å². The second-order valence-corrected chi connectivity index (χ2v) is 9.08. The number of hydrogen-bond acceptors (Lipinski definition) is 7. The molecule has 2 saturated heterocycles. The van der Waals surface area contributed by atoms with E-state index in [2.05, 4.69) is 9.97 Å². The van der Waals surface area contributed by atoms with Crippen LogP contribution in [-0.4, -0.2) is 97.9 Å². The zero-order valence-corrected chi connectivity index (χ0v) is 22.2. The molecule has 0 unspecified atom stereocenters. The number of amides is 2.